The van der Waals surface area contributed by atoms with Gasteiger partial charge in [0.25, 0.3) is 5.91 Å². The minimum atomic E-state index is 0.0747. The van der Waals surface area contributed by atoms with E-state index < -0.39 is 0 Å². The van der Waals surface area contributed by atoms with Crippen molar-refractivity contribution >= 4 is 17.7 Å². The summed E-state index contributed by atoms with van der Waals surface area (Å²) < 4.78 is 5.45. The lowest BCUT2D eigenvalue weighted by atomic mass is 10.0. The second-order valence-electron chi connectivity index (χ2n) is 7.56. The van der Waals surface area contributed by atoms with Crippen molar-refractivity contribution in [3.8, 4) is 0 Å². The zero-order valence-electron chi connectivity index (χ0n) is 16.8. The Morgan fingerprint density at radius 2 is 1.86 bits per heavy atom. The molecule has 4 rings (SSSR count). The number of rotatable bonds is 3. The number of carbonyl (C=O) groups excluding carboxylic acids is 1. The van der Waals surface area contributed by atoms with Crippen LogP contribution in [0.4, 0.5) is 11.8 Å². The summed E-state index contributed by atoms with van der Waals surface area (Å²) >= 11 is 0. The monoisotopic (exact) mass is 381 g/mol. The van der Waals surface area contributed by atoms with Gasteiger partial charge < -0.3 is 19.4 Å². The van der Waals surface area contributed by atoms with E-state index in [1.165, 1.54) is 0 Å². The lowest BCUT2D eigenvalue weighted by Crippen LogP contribution is -2.40. The van der Waals surface area contributed by atoms with Crippen LogP contribution in [0.5, 0.6) is 0 Å². The topological polar surface area (TPSA) is 61.8 Å². The molecule has 28 heavy (non-hydrogen) atoms. The number of nitrogens with zero attached hydrogens (tertiary/aromatic N) is 5. The van der Waals surface area contributed by atoms with E-state index in [9.17, 15) is 4.79 Å². The summed E-state index contributed by atoms with van der Waals surface area (Å²) in [5, 5.41) is 0. The van der Waals surface area contributed by atoms with Gasteiger partial charge in [0.1, 0.15) is 5.82 Å². The van der Waals surface area contributed by atoms with E-state index in [-0.39, 0.29) is 5.91 Å². The summed E-state index contributed by atoms with van der Waals surface area (Å²) in [5.41, 5.74) is 3.87. The lowest BCUT2D eigenvalue weighted by molar-refractivity contribution is 0.0733. The molecule has 1 aromatic carbocycles. The molecular weight excluding hydrogens is 354 g/mol. The van der Waals surface area contributed by atoms with Gasteiger partial charge >= 0.3 is 0 Å². The lowest BCUT2D eigenvalue weighted by Gasteiger charge is -2.33. The average molecular weight is 381 g/mol. The molecule has 0 aliphatic carbocycles. The zero-order valence-corrected chi connectivity index (χ0v) is 16.8. The summed E-state index contributed by atoms with van der Waals surface area (Å²) in [6, 6.07) is 7.76. The van der Waals surface area contributed by atoms with E-state index in [2.05, 4.69) is 4.90 Å². The molecule has 2 aliphatic heterocycles. The van der Waals surface area contributed by atoms with Crippen LogP contribution in [-0.4, -0.2) is 67.7 Å². The molecule has 0 saturated carbocycles. The van der Waals surface area contributed by atoms with E-state index in [1.807, 2.05) is 55.1 Å². The maximum Gasteiger partial charge on any atom is 0.254 e. The molecular formula is C21H27N5O2. The molecule has 0 unspecified atom stereocenters. The minimum Gasteiger partial charge on any atom is -0.378 e. The van der Waals surface area contributed by atoms with Gasteiger partial charge in [0, 0.05) is 51.3 Å². The van der Waals surface area contributed by atoms with Gasteiger partial charge in [-0.3, -0.25) is 4.79 Å². The number of morpholine rings is 1. The fourth-order valence-corrected chi connectivity index (χ4v) is 3.82. The van der Waals surface area contributed by atoms with Crippen molar-refractivity contribution in [1.29, 1.82) is 0 Å². The molecule has 0 radical (unpaired) electrons. The van der Waals surface area contributed by atoms with Gasteiger partial charge in [0.05, 0.1) is 25.5 Å². The standard InChI is InChI=1S/C21H27N5O2/c1-15-6-4-5-7-16(15)20(27)26-9-8-18-17(14-26)19(24(2)3)23-21(22-18)25-10-12-28-13-11-25/h4-7H,8-14H2,1-3H3. The Bertz CT molecular complexity index is 877. The third kappa shape index (κ3) is 3.54. The first-order valence-electron chi connectivity index (χ1n) is 9.79. The molecule has 2 aromatic rings. The third-order valence-corrected chi connectivity index (χ3v) is 5.41. The number of aromatic nitrogens is 2. The van der Waals surface area contributed by atoms with Crippen LogP contribution in [-0.2, 0) is 17.7 Å². The van der Waals surface area contributed by atoms with Gasteiger partial charge in [-0.25, -0.2) is 4.98 Å². The second-order valence-corrected chi connectivity index (χ2v) is 7.56. The average Bonchev–Trinajstić information content (AvgIpc) is 2.73. The van der Waals surface area contributed by atoms with Crippen molar-refractivity contribution in [2.45, 2.75) is 19.9 Å². The fourth-order valence-electron chi connectivity index (χ4n) is 3.82. The normalized spacial score (nSPS) is 16.7. The van der Waals surface area contributed by atoms with Crippen molar-refractivity contribution in [2.24, 2.45) is 0 Å². The van der Waals surface area contributed by atoms with E-state index in [0.29, 0.717) is 26.3 Å². The molecule has 148 valence electrons. The number of fused-ring (bicyclic) bond motifs is 1. The summed E-state index contributed by atoms with van der Waals surface area (Å²) in [6.07, 6.45) is 0.744. The highest BCUT2D eigenvalue weighted by atomic mass is 16.5. The van der Waals surface area contributed by atoms with Crippen LogP contribution >= 0.6 is 0 Å². The molecule has 7 heteroatoms. The number of ether oxygens (including phenoxy) is 1. The van der Waals surface area contributed by atoms with Crippen LogP contribution in [0.1, 0.15) is 27.2 Å². The number of hydrogen-bond donors (Lipinski definition) is 0. The smallest absolute Gasteiger partial charge is 0.254 e. The van der Waals surface area contributed by atoms with Gasteiger partial charge in [0.15, 0.2) is 0 Å². The van der Waals surface area contributed by atoms with Crippen molar-refractivity contribution in [2.75, 3.05) is 56.7 Å². The molecule has 2 aliphatic rings. The van der Waals surface area contributed by atoms with Crippen LogP contribution in [0.15, 0.2) is 24.3 Å². The van der Waals surface area contributed by atoms with Crippen molar-refractivity contribution < 1.29 is 9.53 Å². The highest BCUT2D eigenvalue weighted by Crippen LogP contribution is 2.29. The van der Waals surface area contributed by atoms with E-state index in [1.54, 1.807) is 0 Å². The Kier molecular flexibility index (Phi) is 5.17. The number of amides is 1. The van der Waals surface area contributed by atoms with E-state index >= 15 is 0 Å². The SMILES string of the molecule is Cc1ccccc1C(=O)N1CCc2nc(N3CCOCC3)nc(N(C)C)c2C1. The third-order valence-electron chi connectivity index (χ3n) is 5.41. The van der Waals surface area contributed by atoms with Crippen molar-refractivity contribution in [3.63, 3.8) is 0 Å². The molecule has 0 atom stereocenters. The number of anilines is 2. The van der Waals surface area contributed by atoms with Crippen LogP contribution < -0.4 is 9.80 Å². The van der Waals surface area contributed by atoms with Gasteiger partial charge in [-0.2, -0.15) is 4.98 Å². The molecule has 0 spiro atoms. The summed E-state index contributed by atoms with van der Waals surface area (Å²) in [7, 11) is 3.99. The largest absolute Gasteiger partial charge is 0.378 e. The molecule has 0 bridgehead atoms. The summed E-state index contributed by atoms with van der Waals surface area (Å²) in [5.74, 6) is 1.74. The summed E-state index contributed by atoms with van der Waals surface area (Å²) in [4.78, 5) is 28.9. The highest BCUT2D eigenvalue weighted by Gasteiger charge is 2.28. The first-order chi connectivity index (χ1) is 13.5. The van der Waals surface area contributed by atoms with Crippen molar-refractivity contribution in [1.82, 2.24) is 14.9 Å². The van der Waals surface area contributed by atoms with Crippen LogP contribution in [0.25, 0.3) is 0 Å². The van der Waals surface area contributed by atoms with Gasteiger partial charge in [-0.15, -0.1) is 0 Å². The molecule has 1 aromatic heterocycles. The van der Waals surface area contributed by atoms with Crippen molar-refractivity contribution in [3.05, 3.63) is 46.6 Å². The molecule has 0 N–H and O–H groups in total. The first kappa shape index (κ1) is 18.7. The Morgan fingerprint density at radius 3 is 2.57 bits per heavy atom. The Hall–Kier alpha value is -2.67. The number of aryl methyl sites for hydroxylation is 1. The molecule has 1 saturated heterocycles. The van der Waals surface area contributed by atoms with Crippen LogP contribution in [0.3, 0.4) is 0 Å². The zero-order chi connectivity index (χ0) is 19.7. The van der Waals surface area contributed by atoms with Gasteiger partial charge in [-0.1, -0.05) is 18.2 Å². The minimum absolute atomic E-state index is 0.0747. The molecule has 7 nitrogen and oxygen atoms in total. The number of benzene rings is 1. The fraction of sp³-hybridized carbons (Fsp3) is 0.476. The molecule has 1 amide bonds. The Morgan fingerprint density at radius 1 is 1.11 bits per heavy atom. The predicted octanol–water partition coefficient (Wildman–Crippen LogP) is 1.89. The highest BCUT2D eigenvalue weighted by molar-refractivity contribution is 5.95. The Labute approximate surface area is 165 Å². The van der Waals surface area contributed by atoms with E-state index in [0.717, 1.165) is 53.7 Å². The quantitative estimate of drug-likeness (QED) is 0.809. The second kappa shape index (κ2) is 7.75. The van der Waals surface area contributed by atoms with Crippen LogP contribution in [0, 0.1) is 6.92 Å². The number of carbonyl (C=O) groups is 1. The summed E-state index contributed by atoms with van der Waals surface area (Å²) in [6.45, 7) is 6.22. The molecule has 1 fully saturated rings. The molecule has 3 heterocycles. The number of hydrogen-bond acceptors (Lipinski definition) is 6. The predicted molar refractivity (Wildman–Crippen MR) is 109 cm³/mol. The van der Waals surface area contributed by atoms with Gasteiger partial charge in [0.2, 0.25) is 5.95 Å². The maximum atomic E-state index is 13.1. The first-order valence-corrected chi connectivity index (χ1v) is 9.79. The van der Waals surface area contributed by atoms with Crippen LogP contribution in [0.2, 0.25) is 0 Å². The maximum absolute atomic E-state index is 13.1. The Balaban J connectivity index is 1.64. The van der Waals surface area contributed by atoms with Gasteiger partial charge in [-0.05, 0) is 18.6 Å². The van der Waals surface area contributed by atoms with E-state index in [4.69, 9.17) is 14.7 Å².